The Morgan fingerprint density at radius 2 is 0.893 bits per heavy atom. The summed E-state index contributed by atoms with van der Waals surface area (Å²) in [5, 5.41) is 48.9. The quantitative estimate of drug-likeness (QED) is 0.0197. The van der Waals surface area contributed by atoms with Crippen LogP contribution >= 0.6 is 182 Å². The molecular formula is C88H92Br5ClI4O22Si2. The van der Waals surface area contributed by atoms with E-state index >= 15 is 0 Å². The number of halogens is 10. The minimum atomic E-state index is -1.79. The van der Waals surface area contributed by atoms with Gasteiger partial charge < -0.3 is 86.5 Å². The van der Waals surface area contributed by atoms with E-state index < -0.39 is 70.8 Å². The number of methoxy groups -OCH3 is 1. The Balaban J connectivity index is 0.000000167. The van der Waals surface area contributed by atoms with Gasteiger partial charge in [0.1, 0.15) is 89.5 Å². The zero-order chi connectivity index (χ0) is 88.9. The summed E-state index contributed by atoms with van der Waals surface area (Å²) in [7, 11) is -2.15. The number of para-hydroxylation sites is 2. The lowest BCUT2D eigenvalue weighted by Gasteiger charge is -2.47. The molecule has 6 heterocycles. The average molecular weight is 2500 g/mol. The van der Waals surface area contributed by atoms with Gasteiger partial charge in [-0.1, -0.05) is 92.0 Å². The Morgan fingerprint density at radius 1 is 0.492 bits per heavy atom. The number of carboxylic acid groups (broad SMARTS) is 1. The van der Waals surface area contributed by atoms with Crippen molar-refractivity contribution in [2.24, 2.45) is 5.92 Å². The zero-order valence-electron chi connectivity index (χ0n) is 67.7. The Bertz CT molecular complexity index is 5020. The Kier molecular flexibility index (Phi) is 39.5. The lowest BCUT2D eigenvalue weighted by Crippen LogP contribution is -2.64. The monoisotopic (exact) mass is 2490 g/mol. The molecule has 9 aromatic carbocycles. The van der Waals surface area contributed by atoms with E-state index in [4.69, 9.17) is 77.7 Å². The van der Waals surface area contributed by atoms with Crippen LogP contribution in [-0.4, -0.2) is 174 Å². The van der Waals surface area contributed by atoms with Crippen molar-refractivity contribution in [2.75, 3.05) is 66.6 Å². The third kappa shape index (κ3) is 28.9. The minimum Gasteiger partial charge on any atom is -0.486 e. The number of aromatic carboxylic acids is 1. The summed E-state index contributed by atoms with van der Waals surface area (Å²) in [6.45, 7) is 21.0. The number of carbonyl (C=O) groups is 4. The number of carboxylic acids is 1. The minimum absolute atomic E-state index is 0.0348. The van der Waals surface area contributed by atoms with E-state index in [-0.39, 0.29) is 29.9 Å². The smallest absolute Gasteiger partial charge is 0.336 e. The topological polar surface area (TPSA) is 289 Å². The van der Waals surface area contributed by atoms with Crippen molar-refractivity contribution in [1.82, 2.24) is 0 Å². The zero-order valence-corrected chi connectivity index (χ0v) is 87.0. The molecule has 3 unspecified atom stereocenters. The lowest BCUT2D eigenvalue weighted by molar-refractivity contribution is -0.366. The highest BCUT2D eigenvalue weighted by Gasteiger charge is 2.55. The van der Waals surface area contributed by atoms with Crippen LogP contribution in [0.15, 0.2) is 192 Å². The number of hydrogen-bond donors (Lipinski definition) is 5. The summed E-state index contributed by atoms with van der Waals surface area (Å²) in [5.41, 5.74) is 6.88. The number of esters is 1. The van der Waals surface area contributed by atoms with Gasteiger partial charge in [-0.2, -0.15) is 0 Å². The number of ether oxygens (including phenoxy) is 11. The third-order valence-electron chi connectivity index (χ3n) is 18.7. The van der Waals surface area contributed by atoms with Crippen molar-refractivity contribution >= 4 is 221 Å². The maximum absolute atomic E-state index is 12.6. The molecule has 2 saturated heterocycles. The number of benzene rings is 9. The van der Waals surface area contributed by atoms with Crippen LogP contribution < -0.4 is 37.9 Å². The number of aliphatic hydroxyl groups excluding tert-OH is 4. The fourth-order valence-electron chi connectivity index (χ4n) is 12.9. The highest BCUT2D eigenvalue weighted by atomic mass is 127. The molecule has 15 rings (SSSR count). The van der Waals surface area contributed by atoms with Crippen molar-refractivity contribution in [3.05, 3.63) is 257 Å². The van der Waals surface area contributed by atoms with Crippen LogP contribution in [0.4, 0.5) is 0 Å². The number of carbonyl (C=O) groups excluding carboxylic acids is 3. The van der Waals surface area contributed by atoms with Crippen LogP contribution in [-0.2, 0) is 46.5 Å². The normalized spacial score (nSPS) is 20.1. The number of hydrogen-bond acceptors (Lipinski definition) is 21. The van der Waals surface area contributed by atoms with E-state index in [9.17, 15) is 39.6 Å². The van der Waals surface area contributed by atoms with E-state index in [0.29, 0.717) is 115 Å². The van der Waals surface area contributed by atoms with E-state index in [2.05, 4.69) is 247 Å². The first-order valence-electron chi connectivity index (χ1n) is 38.4. The van der Waals surface area contributed by atoms with Gasteiger partial charge in [0.05, 0.1) is 18.3 Å². The molecule has 122 heavy (non-hydrogen) atoms. The van der Waals surface area contributed by atoms with Crippen molar-refractivity contribution in [1.29, 1.82) is 0 Å². The van der Waals surface area contributed by atoms with Gasteiger partial charge in [0.2, 0.25) is 5.79 Å². The first kappa shape index (κ1) is 101. The SMILES string of the molecule is Brc1ccc(I)cc1Cc1ccc2c(c1)OCCO2.CC[C@H]1OC(=O)C(O[Si](C)(C)C)[C@@H](C)C1O[Si](C)(C)C.COC1(c2ccc(Br)c(Cc3ccc4c(c3)OCCO4)c2)O[C@H](CO)[C@@H](O)[C@H](O)[C@H]1O.O=C(Cl)c1cc(I)ccc1Br.O=C(O)c1cc(I)ccc1Br.O=C(c1ccc2c(c1)OCCO2)c1cc(I)ccc1Br.c1ccc2c(c1)OCCO2. The molecule has 0 amide bonds. The fraction of sp³-hybridized carbons (Fsp3) is 0.341. The molecule has 22 nitrogen and oxygen atoms in total. The average Bonchev–Trinajstić information content (AvgIpc) is 0.747. The molecule has 2 fully saturated rings. The predicted octanol–water partition coefficient (Wildman–Crippen LogP) is 20.6. The molecule has 6 aliphatic heterocycles. The standard InChI is InChI=1S/C22H25BrO8.C15H10BrIO3.C15H12BrIO2.C14H30O4Si2.C8H8O2.C7H3BrClIO.C7H4BrIO2/c1-28-22(21(27)20(26)19(25)18(11-24)31-22)14-3-4-15(23)13(10-14)8-12-2-5-16-17(9-12)30-7-6-29-16;16-12-3-2-10(17)8-11(12)15(18)9-1-4-13-14(7-9)20-6-5-19-13;16-13-3-2-12(17)9-11(13)7-10-1-4-14-15(8-10)19-6-5-18-14;1-9-11-12(17-19(3,4)5)10(2)13(14(15)16-11)18-20(6,7)8;1-2-4-8-7(3-1)9-5-6-10-8;8-6-2-1-4(10)3-5(6)7(9)11;8-6-2-1-4(9)3-5(6)7(10)11/h2-5,9-10,18-21,24-27H,6-8,11H2,1H3;1-4,7-8H,5-6H2;1-4,8-9H,5-7H2;10-13H,9H2,1-8H3;1-4H,5-6H2;1-3H;1-3H,(H,10,11)/t18-,19-,20+,21-,22?;;;10-,11+,12?,13?;;;/m1..0.../s1. The molecule has 34 heteroatoms. The summed E-state index contributed by atoms with van der Waals surface area (Å²) in [5.74, 6) is 3.25. The van der Waals surface area contributed by atoms with Gasteiger partial charge in [-0.25, -0.2) is 9.59 Å². The summed E-state index contributed by atoms with van der Waals surface area (Å²) < 4.78 is 81.5. The van der Waals surface area contributed by atoms with Gasteiger partial charge in [0, 0.05) is 71.9 Å². The van der Waals surface area contributed by atoms with Crippen LogP contribution in [0.5, 0.6) is 46.0 Å². The fourth-order valence-corrected chi connectivity index (χ4v) is 19.5. The van der Waals surface area contributed by atoms with Gasteiger partial charge in [0.25, 0.3) is 5.24 Å². The van der Waals surface area contributed by atoms with E-state index in [1.54, 1.807) is 60.7 Å². The maximum atomic E-state index is 12.6. The summed E-state index contributed by atoms with van der Waals surface area (Å²) in [6, 6.07) is 52.9. The molecule has 654 valence electrons. The summed E-state index contributed by atoms with van der Waals surface area (Å²) in [6.07, 6.45) is -4.18. The molecule has 0 spiro atoms. The molecule has 0 aromatic heterocycles. The molecule has 0 bridgehead atoms. The van der Waals surface area contributed by atoms with Gasteiger partial charge in [-0.3, -0.25) is 9.59 Å². The molecule has 6 aliphatic rings. The van der Waals surface area contributed by atoms with Gasteiger partial charge >= 0.3 is 11.9 Å². The molecule has 0 saturated carbocycles. The van der Waals surface area contributed by atoms with Gasteiger partial charge in [0.15, 0.2) is 68.4 Å². The number of fused-ring (bicyclic) bond motifs is 4. The highest BCUT2D eigenvalue weighted by Crippen LogP contribution is 2.43. The third-order valence-corrected chi connectivity index (χ3v) is 27.1. The highest BCUT2D eigenvalue weighted by molar-refractivity contribution is 14.1. The van der Waals surface area contributed by atoms with Crippen LogP contribution in [0, 0.1) is 20.2 Å². The molecule has 0 radical (unpaired) electrons. The number of rotatable bonds is 16. The van der Waals surface area contributed by atoms with Gasteiger partial charge in [-0.15, -0.1) is 0 Å². The second-order valence-corrected chi connectivity index (χ2v) is 48.4. The number of aliphatic hydroxyl groups is 4. The Hall–Kier alpha value is -4.62. The van der Waals surface area contributed by atoms with Crippen LogP contribution in [0.25, 0.3) is 0 Å². The van der Waals surface area contributed by atoms with E-state index in [1.165, 1.54) is 21.8 Å². The Morgan fingerprint density at radius 3 is 1.33 bits per heavy atom. The second-order valence-electron chi connectivity index (χ2n) is 29.9. The largest absolute Gasteiger partial charge is 0.486 e. The second kappa shape index (κ2) is 47.6. The van der Waals surface area contributed by atoms with E-state index in [1.807, 2.05) is 85.8 Å². The van der Waals surface area contributed by atoms with Crippen LogP contribution in [0.1, 0.15) is 84.7 Å². The number of ketones is 1. The summed E-state index contributed by atoms with van der Waals surface area (Å²) in [4.78, 5) is 46.1. The van der Waals surface area contributed by atoms with Crippen molar-refractivity contribution in [2.45, 2.75) is 121 Å². The van der Waals surface area contributed by atoms with Crippen LogP contribution in [0.2, 0.25) is 39.3 Å². The maximum Gasteiger partial charge on any atom is 0.336 e. The first-order valence-corrected chi connectivity index (χ1v) is 53.9. The van der Waals surface area contributed by atoms with Crippen molar-refractivity contribution in [3.8, 4) is 46.0 Å². The Labute approximate surface area is 813 Å². The van der Waals surface area contributed by atoms with Crippen molar-refractivity contribution in [3.63, 3.8) is 0 Å². The van der Waals surface area contributed by atoms with E-state index in [0.717, 1.165) is 75.6 Å². The first-order chi connectivity index (χ1) is 57.9. The number of cyclic esters (lactones) is 1. The molecule has 9 atom stereocenters. The molecular weight excluding hydrogens is 2410 g/mol. The molecule has 5 N–H and O–H groups in total. The molecule has 9 aromatic rings. The lowest BCUT2D eigenvalue weighted by atomic mass is 9.87. The molecule has 0 aliphatic carbocycles. The van der Waals surface area contributed by atoms with Gasteiger partial charge in [-0.05, 0) is 354 Å². The predicted molar refractivity (Wildman–Crippen MR) is 522 cm³/mol. The summed E-state index contributed by atoms with van der Waals surface area (Å²) >= 11 is 31.0. The van der Waals surface area contributed by atoms with Crippen LogP contribution in [0.3, 0.4) is 0 Å². The van der Waals surface area contributed by atoms with Crippen molar-refractivity contribution < 1.29 is 106 Å².